The quantitative estimate of drug-likeness (QED) is 0.633. The van der Waals surface area contributed by atoms with Crippen LogP contribution in [0.4, 0.5) is 0 Å². The monoisotopic (exact) mass is 245 g/mol. The summed E-state index contributed by atoms with van der Waals surface area (Å²) >= 11 is 7.57. The van der Waals surface area contributed by atoms with Gasteiger partial charge in [-0.3, -0.25) is 0 Å². The van der Waals surface area contributed by atoms with E-state index in [-0.39, 0.29) is 0 Å². The molecule has 0 atom stereocenters. The van der Waals surface area contributed by atoms with Crippen LogP contribution < -0.4 is 0 Å². The first kappa shape index (κ1) is 13.0. The minimum Gasteiger partial charge on any atom is -0.302 e. The molecule has 0 radical (unpaired) electrons. The van der Waals surface area contributed by atoms with Crippen molar-refractivity contribution in [2.24, 2.45) is 0 Å². The topological polar surface area (TPSA) is 3.24 Å². The number of nitrogens with zero attached hydrogens (tertiary/aromatic N) is 1. The van der Waals surface area contributed by atoms with Gasteiger partial charge in [0.15, 0.2) is 0 Å². The summed E-state index contributed by atoms with van der Waals surface area (Å²) < 4.78 is 0. The molecular formula is C12H20ClNS. The molecule has 3 heteroatoms. The van der Waals surface area contributed by atoms with Crippen molar-refractivity contribution in [3.05, 3.63) is 22.4 Å². The molecule has 0 N–H and O–H groups in total. The Kier molecular flexibility index (Phi) is 7.07. The molecule has 1 aromatic heterocycles. The predicted molar refractivity (Wildman–Crippen MR) is 70.1 cm³/mol. The minimum absolute atomic E-state index is 0.743. The molecule has 1 nitrogen and oxygen atoms in total. The summed E-state index contributed by atoms with van der Waals surface area (Å²) in [5.74, 6) is 0.743. The summed E-state index contributed by atoms with van der Waals surface area (Å²) in [6, 6.07) is 2.21. The second kappa shape index (κ2) is 8.14. The van der Waals surface area contributed by atoms with Crippen LogP contribution in [0, 0.1) is 0 Å². The molecule has 86 valence electrons. The Labute approximate surface area is 102 Å². The maximum atomic E-state index is 5.80. The van der Waals surface area contributed by atoms with Crippen molar-refractivity contribution in [2.45, 2.75) is 26.2 Å². The normalized spacial score (nSPS) is 11.1. The maximum absolute atomic E-state index is 5.80. The van der Waals surface area contributed by atoms with E-state index in [0.717, 1.165) is 25.4 Å². The summed E-state index contributed by atoms with van der Waals surface area (Å²) in [5.41, 5.74) is 1.45. The van der Waals surface area contributed by atoms with Crippen molar-refractivity contribution in [2.75, 3.05) is 25.5 Å². The molecule has 0 amide bonds. The molecule has 0 bridgehead atoms. The van der Waals surface area contributed by atoms with Gasteiger partial charge in [0.1, 0.15) is 0 Å². The van der Waals surface area contributed by atoms with Gasteiger partial charge in [0.2, 0.25) is 0 Å². The van der Waals surface area contributed by atoms with Gasteiger partial charge in [0.05, 0.1) is 0 Å². The number of thiophene rings is 1. The number of alkyl halides is 1. The van der Waals surface area contributed by atoms with E-state index in [4.69, 9.17) is 11.6 Å². The Morgan fingerprint density at radius 2 is 2.20 bits per heavy atom. The molecule has 0 spiro atoms. The van der Waals surface area contributed by atoms with Gasteiger partial charge in [-0.1, -0.05) is 13.3 Å². The van der Waals surface area contributed by atoms with Gasteiger partial charge in [-0.2, -0.15) is 11.3 Å². The zero-order valence-corrected chi connectivity index (χ0v) is 11.0. The van der Waals surface area contributed by atoms with Gasteiger partial charge in [-0.15, -0.1) is 11.6 Å². The first-order valence-corrected chi connectivity index (χ1v) is 7.14. The molecule has 0 aliphatic rings. The van der Waals surface area contributed by atoms with Crippen LogP contribution in [-0.4, -0.2) is 30.4 Å². The third-order valence-corrected chi connectivity index (χ3v) is 3.43. The fourth-order valence-corrected chi connectivity index (χ4v) is 2.50. The summed E-state index contributed by atoms with van der Waals surface area (Å²) in [7, 11) is 0. The van der Waals surface area contributed by atoms with Crippen LogP contribution in [0.1, 0.15) is 25.3 Å². The van der Waals surface area contributed by atoms with Crippen molar-refractivity contribution >= 4 is 22.9 Å². The third kappa shape index (κ3) is 5.55. The van der Waals surface area contributed by atoms with Crippen molar-refractivity contribution in [3.8, 4) is 0 Å². The number of rotatable bonds is 8. The van der Waals surface area contributed by atoms with E-state index in [9.17, 15) is 0 Å². The molecule has 0 aliphatic heterocycles. The maximum Gasteiger partial charge on any atom is 0.0351 e. The highest BCUT2D eigenvalue weighted by atomic mass is 35.5. The highest BCUT2D eigenvalue weighted by Gasteiger charge is 2.03. The highest BCUT2D eigenvalue weighted by molar-refractivity contribution is 7.07. The van der Waals surface area contributed by atoms with Crippen molar-refractivity contribution in [3.63, 3.8) is 0 Å². The van der Waals surface area contributed by atoms with Crippen LogP contribution in [0.3, 0.4) is 0 Å². The lowest BCUT2D eigenvalue weighted by Crippen LogP contribution is -2.29. The van der Waals surface area contributed by atoms with Gasteiger partial charge in [0, 0.05) is 19.0 Å². The van der Waals surface area contributed by atoms with E-state index in [1.54, 1.807) is 11.3 Å². The molecule has 1 heterocycles. The standard InChI is InChI=1S/C12H20ClNS/c1-2-3-7-14(9-6-13)8-4-12-5-10-15-11-12/h5,10-11H,2-4,6-9H2,1H3. The van der Waals surface area contributed by atoms with Crippen LogP contribution in [0.25, 0.3) is 0 Å². The average molecular weight is 246 g/mol. The molecule has 15 heavy (non-hydrogen) atoms. The summed E-state index contributed by atoms with van der Waals surface area (Å²) in [5, 5.41) is 4.38. The van der Waals surface area contributed by atoms with Crippen LogP contribution in [0.5, 0.6) is 0 Å². The molecular weight excluding hydrogens is 226 g/mol. The van der Waals surface area contributed by atoms with E-state index in [1.165, 1.54) is 24.9 Å². The summed E-state index contributed by atoms with van der Waals surface area (Å²) in [4.78, 5) is 2.47. The van der Waals surface area contributed by atoms with E-state index < -0.39 is 0 Å². The molecule has 0 aromatic carbocycles. The number of hydrogen-bond acceptors (Lipinski definition) is 2. The van der Waals surface area contributed by atoms with Crippen LogP contribution in [0.2, 0.25) is 0 Å². The lowest BCUT2D eigenvalue weighted by molar-refractivity contribution is 0.289. The zero-order valence-electron chi connectivity index (χ0n) is 9.42. The average Bonchev–Trinajstić information content (AvgIpc) is 2.75. The first-order chi connectivity index (χ1) is 7.36. The van der Waals surface area contributed by atoms with Gasteiger partial charge in [-0.25, -0.2) is 0 Å². The van der Waals surface area contributed by atoms with E-state index in [2.05, 4.69) is 28.7 Å². The second-order valence-corrected chi connectivity index (χ2v) is 4.92. The third-order valence-electron chi connectivity index (χ3n) is 2.53. The first-order valence-electron chi connectivity index (χ1n) is 5.66. The van der Waals surface area contributed by atoms with Crippen molar-refractivity contribution in [1.29, 1.82) is 0 Å². The fraction of sp³-hybridized carbons (Fsp3) is 0.667. The zero-order chi connectivity index (χ0) is 10.9. The van der Waals surface area contributed by atoms with E-state index >= 15 is 0 Å². The molecule has 0 saturated carbocycles. The fourth-order valence-electron chi connectivity index (χ4n) is 1.56. The predicted octanol–water partition coefficient (Wildman–Crippen LogP) is 3.63. The van der Waals surface area contributed by atoms with Crippen molar-refractivity contribution < 1.29 is 0 Å². The number of hydrogen-bond donors (Lipinski definition) is 0. The Morgan fingerprint density at radius 1 is 1.33 bits per heavy atom. The smallest absolute Gasteiger partial charge is 0.0351 e. The SMILES string of the molecule is CCCCN(CCCl)CCc1ccsc1. The lowest BCUT2D eigenvalue weighted by Gasteiger charge is -2.20. The molecule has 0 fully saturated rings. The molecule has 1 aromatic rings. The van der Waals surface area contributed by atoms with Gasteiger partial charge < -0.3 is 4.90 Å². The minimum atomic E-state index is 0.743. The van der Waals surface area contributed by atoms with Crippen LogP contribution in [-0.2, 0) is 6.42 Å². The molecule has 0 unspecified atom stereocenters. The summed E-state index contributed by atoms with van der Waals surface area (Å²) in [6.45, 7) is 5.58. The van der Waals surface area contributed by atoms with Crippen LogP contribution >= 0.6 is 22.9 Å². The second-order valence-electron chi connectivity index (χ2n) is 3.77. The van der Waals surface area contributed by atoms with Gasteiger partial charge in [0.25, 0.3) is 0 Å². The number of unbranched alkanes of at least 4 members (excludes halogenated alkanes) is 1. The van der Waals surface area contributed by atoms with Crippen molar-refractivity contribution in [1.82, 2.24) is 4.90 Å². The Balaban J connectivity index is 2.24. The van der Waals surface area contributed by atoms with Crippen LogP contribution in [0.15, 0.2) is 16.8 Å². The lowest BCUT2D eigenvalue weighted by atomic mass is 10.2. The Morgan fingerprint density at radius 3 is 2.80 bits per heavy atom. The summed E-state index contributed by atoms with van der Waals surface area (Å²) in [6.07, 6.45) is 3.70. The molecule has 0 saturated heterocycles. The Bertz CT molecular complexity index is 236. The highest BCUT2D eigenvalue weighted by Crippen LogP contribution is 2.08. The Hall–Kier alpha value is -0.0500. The van der Waals surface area contributed by atoms with E-state index in [1.807, 2.05) is 0 Å². The number of halogens is 1. The van der Waals surface area contributed by atoms with Gasteiger partial charge in [-0.05, 0) is 41.8 Å². The largest absolute Gasteiger partial charge is 0.302 e. The van der Waals surface area contributed by atoms with E-state index in [0.29, 0.717) is 0 Å². The van der Waals surface area contributed by atoms with Gasteiger partial charge >= 0.3 is 0 Å². The molecule has 0 aliphatic carbocycles. The molecule has 1 rings (SSSR count).